The van der Waals surface area contributed by atoms with Gasteiger partial charge < -0.3 is 10.6 Å². The number of halogens is 2. The zero-order valence-electron chi connectivity index (χ0n) is 7.97. The quantitative estimate of drug-likeness (QED) is 0.389. The molecule has 16 heavy (non-hydrogen) atoms. The summed E-state index contributed by atoms with van der Waals surface area (Å²) in [7, 11) is 0. The van der Waals surface area contributed by atoms with E-state index in [1.54, 1.807) is 0 Å². The van der Waals surface area contributed by atoms with E-state index < -0.39 is 11.2 Å². The molecule has 6 nitrogen and oxygen atoms in total. The Morgan fingerprint density at radius 1 is 1.62 bits per heavy atom. The summed E-state index contributed by atoms with van der Waals surface area (Å²) in [5, 5.41) is 4.15. The van der Waals surface area contributed by atoms with Crippen molar-refractivity contribution < 1.29 is 14.4 Å². The monoisotopic (exact) mass is 283 g/mol. The average molecular weight is 284 g/mol. The van der Waals surface area contributed by atoms with Gasteiger partial charge in [0.2, 0.25) is 0 Å². The van der Waals surface area contributed by atoms with Crippen LogP contribution in [0.25, 0.3) is 0 Å². The minimum absolute atomic E-state index is 0. The van der Waals surface area contributed by atoms with E-state index in [-0.39, 0.29) is 28.9 Å². The molecule has 0 unspecified atom stereocenters. The van der Waals surface area contributed by atoms with Crippen molar-refractivity contribution in [2.45, 2.75) is 6.92 Å². The number of aromatic nitrogens is 1. The number of nitrogens with two attached hydrogens (primary N) is 1. The maximum atomic E-state index is 10.9. The van der Waals surface area contributed by atoms with Crippen LogP contribution in [-0.4, -0.2) is 21.9 Å². The Morgan fingerprint density at radius 2 is 2.25 bits per heavy atom. The third-order valence-corrected chi connectivity index (χ3v) is 2.07. The number of nitrogen functional groups attached to an aromatic ring is 1. The van der Waals surface area contributed by atoms with Crippen LogP contribution >= 0.6 is 35.3 Å². The molecular formula is C7H7Cl2N3O3S. The summed E-state index contributed by atoms with van der Waals surface area (Å²) in [4.78, 5) is 29.5. The van der Waals surface area contributed by atoms with Gasteiger partial charge in [-0.3, -0.25) is 4.79 Å². The number of carbonyl (C=O) groups is 2. The second-order valence-corrected chi connectivity index (χ2v) is 3.60. The largest absolute Gasteiger partial charge is 0.375 e. The van der Waals surface area contributed by atoms with E-state index in [2.05, 4.69) is 15.0 Å². The first kappa shape index (κ1) is 14.8. The number of carbonyl (C=O) groups excluding carboxylic acids is 2. The summed E-state index contributed by atoms with van der Waals surface area (Å²) in [6.07, 6.45) is 0. The standard InChI is InChI=1S/C7H6ClN3O3S.ClH/c1-3(12)14-11-5(6(8)13)4-2-15-7(9)10-4;/h2H,1H3,(H2,9,10);1H/b11-5+;. The van der Waals surface area contributed by atoms with Crippen LogP contribution in [0.15, 0.2) is 10.5 Å². The first-order valence-electron chi connectivity index (χ1n) is 3.67. The van der Waals surface area contributed by atoms with Crippen LogP contribution in [-0.2, 0) is 14.4 Å². The van der Waals surface area contributed by atoms with Crippen molar-refractivity contribution in [3.05, 3.63) is 11.1 Å². The van der Waals surface area contributed by atoms with Crippen molar-refractivity contribution in [1.82, 2.24) is 4.98 Å². The van der Waals surface area contributed by atoms with Crippen molar-refractivity contribution >= 4 is 57.4 Å². The molecule has 9 heteroatoms. The molecule has 0 aliphatic rings. The lowest BCUT2D eigenvalue weighted by Crippen LogP contribution is -2.11. The molecule has 0 amide bonds. The minimum atomic E-state index is -0.874. The van der Waals surface area contributed by atoms with Crippen LogP contribution in [0.1, 0.15) is 12.6 Å². The van der Waals surface area contributed by atoms with Crippen molar-refractivity contribution in [3.63, 3.8) is 0 Å². The average Bonchev–Trinajstić information content (AvgIpc) is 2.51. The maximum Gasteiger partial charge on any atom is 0.332 e. The van der Waals surface area contributed by atoms with Gasteiger partial charge in [-0.1, -0.05) is 5.16 Å². The highest BCUT2D eigenvalue weighted by molar-refractivity contribution is 7.13. The lowest BCUT2D eigenvalue weighted by molar-refractivity contribution is -0.140. The van der Waals surface area contributed by atoms with Crippen LogP contribution in [0.4, 0.5) is 5.13 Å². The first-order valence-corrected chi connectivity index (χ1v) is 4.93. The van der Waals surface area contributed by atoms with Crippen LogP contribution < -0.4 is 5.73 Å². The predicted molar refractivity (Wildman–Crippen MR) is 62.9 cm³/mol. The number of rotatable bonds is 3. The van der Waals surface area contributed by atoms with E-state index in [0.29, 0.717) is 0 Å². The number of hydrogen-bond donors (Lipinski definition) is 1. The normalized spacial score (nSPS) is 10.5. The summed E-state index contributed by atoms with van der Waals surface area (Å²) in [5.41, 5.74) is 5.29. The third kappa shape index (κ3) is 4.13. The lowest BCUT2D eigenvalue weighted by Gasteiger charge is -1.95. The number of anilines is 1. The molecule has 1 rings (SSSR count). The molecule has 0 bridgehead atoms. The molecule has 88 valence electrons. The molecular weight excluding hydrogens is 277 g/mol. The van der Waals surface area contributed by atoms with Crippen LogP contribution in [0, 0.1) is 0 Å². The summed E-state index contributed by atoms with van der Waals surface area (Å²) >= 11 is 6.35. The molecule has 0 radical (unpaired) electrons. The Labute approximate surface area is 106 Å². The Balaban J connectivity index is 0.00000225. The zero-order chi connectivity index (χ0) is 11.4. The molecule has 2 N–H and O–H groups in total. The van der Waals surface area contributed by atoms with E-state index in [9.17, 15) is 9.59 Å². The highest BCUT2D eigenvalue weighted by atomic mass is 35.5. The highest BCUT2D eigenvalue weighted by Crippen LogP contribution is 2.13. The molecule has 0 atom stereocenters. The SMILES string of the molecule is CC(=O)O/N=C(/C(=O)Cl)c1csc(N)n1.Cl. The number of thiazole rings is 1. The molecule has 0 fully saturated rings. The fourth-order valence-electron chi connectivity index (χ4n) is 0.690. The van der Waals surface area contributed by atoms with E-state index >= 15 is 0 Å². The number of nitrogens with zero attached hydrogens (tertiary/aromatic N) is 2. The van der Waals surface area contributed by atoms with E-state index in [1.807, 2.05) is 0 Å². The van der Waals surface area contributed by atoms with Gasteiger partial charge in [-0.15, -0.1) is 23.7 Å². The van der Waals surface area contributed by atoms with E-state index in [0.717, 1.165) is 18.3 Å². The molecule has 0 aromatic carbocycles. The first-order chi connectivity index (χ1) is 7.00. The Bertz CT molecular complexity index is 432. The van der Waals surface area contributed by atoms with Crippen molar-refractivity contribution in [2.75, 3.05) is 5.73 Å². The van der Waals surface area contributed by atoms with Crippen LogP contribution in [0.5, 0.6) is 0 Å². The van der Waals surface area contributed by atoms with Gasteiger partial charge in [-0.25, -0.2) is 9.78 Å². The molecule has 1 heterocycles. The maximum absolute atomic E-state index is 10.9. The third-order valence-electron chi connectivity index (χ3n) is 1.22. The molecule has 0 saturated carbocycles. The highest BCUT2D eigenvalue weighted by Gasteiger charge is 2.16. The number of oxime groups is 1. The second-order valence-electron chi connectivity index (χ2n) is 2.37. The smallest absolute Gasteiger partial charge is 0.332 e. The van der Waals surface area contributed by atoms with Crippen LogP contribution in [0.2, 0.25) is 0 Å². The van der Waals surface area contributed by atoms with Gasteiger partial charge in [0, 0.05) is 12.3 Å². The van der Waals surface area contributed by atoms with Gasteiger partial charge in [0.05, 0.1) is 0 Å². The van der Waals surface area contributed by atoms with Crippen molar-refractivity contribution in [1.29, 1.82) is 0 Å². The van der Waals surface area contributed by atoms with E-state index in [1.165, 1.54) is 5.38 Å². The van der Waals surface area contributed by atoms with Gasteiger partial charge in [0.1, 0.15) is 5.69 Å². The van der Waals surface area contributed by atoms with Gasteiger partial charge in [0.25, 0.3) is 5.24 Å². The van der Waals surface area contributed by atoms with Crippen LogP contribution in [0.3, 0.4) is 0 Å². The second kappa shape index (κ2) is 6.41. The lowest BCUT2D eigenvalue weighted by atomic mass is 10.3. The zero-order valence-corrected chi connectivity index (χ0v) is 10.4. The molecule has 1 aromatic rings. The summed E-state index contributed by atoms with van der Waals surface area (Å²) in [6, 6.07) is 0. The molecule has 1 aromatic heterocycles. The summed E-state index contributed by atoms with van der Waals surface area (Å²) < 4.78 is 0. The fourth-order valence-corrected chi connectivity index (χ4v) is 1.37. The summed E-state index contributed by atoms with van der Waals surface area (Å²) in [6.45, 7) is 1.15. The topological polar surface area (TPSA) is 94.6 Å². The predicted octanol–water partition coefficient (Wildman–Crippen LogP) is 1.18. The molecule has 0 saturated heterocycles. The van der Waals surface area contributed by atoms with Gasteiger partial charge in [-0.05, 0) is 11.6 Å². The van der Waals surface area contributed by atoms with E-state index in [4.69, 9.17) is 17.3 Å². The van der Waals surface area contributed by atoms with Gasteiger partial charge in [0.15, 0.2) is 10.8 Å². The number of hydrogen-bond acceptors (Lipinski definition) is 7. The molecule has 0 aliphatic heterocycles. The minimum Gasteiger partial charge on any atom is -0.375 e. The fraction of sp³-hybridized carbons (Fsp3) is 0.143. The Kier molecular flexibility index (Phi) is 5.94. The van der Waals surface area contributed by atoms with Gasteiger partial charge in [-0.2, -0.15) is 0 Å². The Hall–Kier alpha value is -1.18. The summed E-state index contributed by atoms with van der Waals surface area (Å²) in [5.74, 6) is -0.659. The van der Waals surface area contributed by atoms with Gasteiger partial charge >= 0.3 is 5.97 Å². The Morgan fingerprint density at radius 3 is 2.62 bits per heavy atom. The molecule has 0 aliphatic carbocycles. The van der Waals surface area contributed by atoms with Crippen molar-refractivity contribution in [3.8, 4) is 0 Å². The van der Waals surface area contributed by atoms with Crippen molar-refractivity contribution in [2.24, 2.45) is 5.16 Å². The molecule has 0 spiro atoms.